The summed E-state index contributed by atoms with van der Waals surface area (Å²) in [5.41, 5.74) is 0.733. The van der Waals surface area contributed by atoms with Crippen LogP contribution in [0.1, 0.15) is 39.2 Å². The van der Waals surface area contributed by atoms with Crippen LogP contribution in [0.15, 0.2) is 17.1 Å². The van der Waals surface area contributed by atoms with Crippen molar-refractivity contribution in [3.8, 4) is 5.75 Å². The Hall–Kier alpha value is -2.45. The van der Waals surface area contributed by atoms with Crippen LogP contribution in [0.5, 0.6) is 5.75 Å². The SMILES string of the molecule is COC(=O)c1c(N=Cc2cc(Cl)cc([N+](=O)[O-])c2[O-])sc2c1CCCC2. The number of esters is 1. The van der Waals surface area contributed by atoms with Gasteiger partial charge in [0.05, 0.1) is 17.6 Å². The fourth-order valence-electron chi connectivity index (χ4n) is 2.91. The maximum Gasteiger partial charge on any atom is 0.341 e. The van der Waals surface area contributed by atoms with Crippen LogP contribution in [0.25, 0.3) is 0 Å². The zero-order chi connectivity index (χ0) is 18.8. The van der Waals surface area contributed by atoms with Crippen molar-refractivity contribution in [2.75, 3.05) is 7.11 Å². The van der Waals surface area contributed by atoms with Gasteiger partial charge in [-0.15, -0.1) is 11.3 Å². The third-order valence-corrected chi connectivity index (χ3v) is 5.54. The molecule has 2 aromatic rings. The van der Waals surface area contributed by atoms with E-state index in [1.807, 2.05) is 0 Å². The first-order chi connectivity index (χ1) is 12.4. The van der Waals surface area contributed by atoms with E-state index in [0.717, 1.165) is 42.2 Å². The Bertz CT molecular complexity index is 922. The van der Waals surface area contributed by atoms with Crippen LogP contribution in [0.3, 0.4) is 0 Å². The third-order valence-electron chi connectivity index (χ3n) is 4.12. The smallest absolute Gasteiger partial charge is 0.341 e. The molecule has 0 aliphatic heterocycles. The lowest BCUT2D eigenvalue weighted by Gasteiger charge is -2.11. The number of hydrogen-bond donors (Lipinski definition) is 0. The summed E-state index contributed by atoms with van der Waals surface area (Å²) in [6, 6.07) is 2.32. The number of aliphatic imine (C=N–C) groups is 1. The van der Waals surface area contributed by atoms with Crippen molar-refractivity contribution >= 4 is 45.8 Å². The zero-order valence-corrected chi connectivity index (χ0v) is 15.4. The number of benzene rings is 1. The molecule has 0 saturated carbocycles. The van der Waals surface area contributed by atoms with Gasteiger partial charge in [0.1, 0.15) is 5.00 Å². The number of hydrogen-bond acceptors (Lipinski definition) is 7. The van der Waals surface area contributed by atoms with Crippen LogP contribution in [-0.2, 0) is 17.6 Å². The fourth-order valence-corrected chi connectivity index (χ4v) is 4.36. The number of nitro groups is 1. The minimum atomic E-state index is -0.782. The first-order valence-corrected chi connectivity index (χ1v) is 9.03. The van der Waals surface area contributed by atoms with Gasteiger partial charge in [-0.2, -0.15) is 0 Å². The summed E-state index contributed by atoms with van der Waals surface area (Å²) in [6.45, 7) is 0. The zero-order valence-electron chi connectivity index (χ0n) is 13.8. The van der Waals surface area contributed by atoms with E-state index in [4.69, 9.17) is 16.3 Å². The number of carbonyl (C=O) groups excluding carboxylic acids is 1. The lowest BCUT2D eigenvalue weighted by atomic mass is 9.95. The number of nitro benzene ring substituents is 1. The topological polar surface area (TPSA) is 105 Å². The van der Waals surface area contributed by atoms with E-state index in [1.54, 1.807) is 0 Å². The molecule has 0 fully saturated rings. The molecule has 3 rings (SSSR count). The van der Waals surface area contributed by atoms with Crippen molar-refractivity contribution in [2.24, 2.45) is 4.99 Å². The number of nitrogens with zero attached hydrogens (tertiary/aromatic N) is 2. The van der Waals surface area contributed by atoms with Gasteiger partial charge in [-0.05, 0) is 48.6 Å². The average molecular weight is 394 g/mol. The second-order valence-corrected chi connectivity index (χ2v) is 7.26. The van der Waals surface area contributed by atoms with Gasteiger partial charge in [-0.3, -0.25) is 10.1 Å². The molecule has 26 heavy (non-hydrogen) atoms. The van der Waals surface area contributed by atoms with Crippen LogP contribution in [0.4, 0.5) is 10.7 Å². The molecule has 1 aromatic carbocycles. The van der Waals surface area contributed by atoms with Crippen LogP contribution in [0.2, 0.25) is 5.02 Å². The van der Waals surface area contributed by atoms with E-state index >= 15 is 0 Å². The van der Waals surface area contributed by atoms with Gasteiger partial charge in [0.2, 0.25) is 0 Å². The Labute approximate surface area is 158 Å². The molecule has 0 saturated heterocycles. The van der Waals surface area contributed by atoms with E-state index < -0.39 is 22.3 Å². The summed E-state index contributed by atoms with van der Waals surface area (Å²) < 4.78 is 4.87. The molecule has 0 atom stereocenters. The number of aryl methyl sites for hydroxylation is 1. The molecule has 1 aromatic heterocycles. The number of methoxy groups -OCH3 is 1. The summed E-state index contributed by atoms with van der Waals surface area (Å²) in [7, 11) is 1.30. The molecule has 136 valence electrons. The van der Waals surface area contributed by atoms with Crippen LogP contribution in [0, 0.1) is 10.1 Å². The van der Waals surface area contributed by atoms with Crippen LogP contribution in [-0.4, -0.2) is 24.2 Å². The normalized spacial score (nSPS) is 13.6. The second kappa shape index (κ2) is 7.43. The van der Waals surface area contributed by atoms with Crippen molar-refractivity contribution in [1.82, 2.24) is 0 Å². The van der Waals surface area contributed by atoms with Gasteiger partial charge >= 0.3 is 5.97 Å². The lowest BCUT2D eigenvalue weighted by molar-refractivity contribution is -0.398. The maximum absolute atomic E-state index is 12.2. The summed E-state index contributed by atoms with van der Waals surface area (Å²) in [6.07, 6.45) is 4.89. The molecular weight excluding hydrogens is 380 g/mol. The Balaban J connectivity index is 2.06. The van der Waals surface area contributed by atoms with Crippen LogP contribution < -0.4 is 5.11 Å². The molecule has 7 nitrogen and oxygen atoms in total. The molecule has 1 aliphatic rings. The van der Waals surface area contributed by atoms with Gasteiger partial charge in [0, 0.05) is 22.2 Å². The third kappa shape index (κ3) is 3.42. The predicted octanol–water partition coefficient (Wildman–Crippen LogP) is 3.80. The average Bonchev–Trinajstić information content (AvgIpc) is 2.99. The fraction of sp³-hybridized carbons (Fsp3) is 0.294. The largest absolute Gasteiger partial charge is 0.867 e. The molecule has 0 unspecified atom stereocenters. The summed E-state index contributed by atoms with van der Waals surface area (Å²) >= 11 is 7.24. The summed E-state index contributed by atoms with van der Waals surface area (Å²) in [4.78, 5) is 27.7. The first kappa shape index (κ1) is 18.3. The highest BCUT2D eigenvalue weighted by Gasteiger charge is 2.25. The maximum atomic E-state index is 12.2. The highest BCUT2D eigenvalue weighted by Crippen LogP contribution is 2.40. The van der Waals surface area contributed by atoms with Crippen molar-refractivity contribution in [1.29, 1.82) is 0 Å². The quantitative estimate of drug-likeness (QED) is 0.340. The molecule has 0 amide bonds. The van der Waals surface area contributed by atoms with Gasteiger partial charge in [-0.1, -0.05) is 11.6 Å². The van der Waals surface area contributed by atoms with Gasteiger partial charge in [0.25, 0.3) is 5.69 Å². The van der Waals surface area contributed by atoms with E-state index in [2.05, 4.69) is 4.99 Å². The van der Waals surface area contributed by atoms with E-state index in [9.17, 15) is 20.0 Å². The molecule has 0 radical (unpaired) electrons. The lowest BCUT2D eigenvalue weighted by Crippen LogP contribution is -2.07. The number of fused-ring (bicyclic) bond motifs is 1. The number of rotatable bonds is 4. The number of thiophene rings is 1. The second-order valence-electron chi connectivity index (χ2n) is 5.74. The molecule has 0 N–H and O–H groups in total. The summed E-state index contributed by atoms with van der Waals surface area (Å²) in [5.74, 6) is -1.25. The van der Waals surface area contributed by atoms with Gasteiger partial charge < -0.3 is 9.84 Å². The highest BCUT2D eigenvalue weighted by atomic mass is 35.5. The van der Waals surface area contributed by atoms with E-state index in [-0.39, 0.29) is 10.6 Å². The monoisotopic (exact) mass is 393 g/mol. The Morgan fingerprint density at radius 2 is 2.12 bits per heavy atom. The van der Waals surface area contributed by atoms with Crippen molar-refractivity contribution in [2.45, 2.75) is 25.7 Å². The van der Waals surface area contributed by atoms with Crippen molar-refractivity contribution in [3.05, 3.63) is 48.8 Å². The number of carbonyl (C=O) groups is 1. The highest BCUT2D eigenvalue weighted by molar-refractivity contribution is 7.16. The number of ether oxygens (including phenoxy) is 1. The Morgan fingerprint density at radius 1 is 1.38 bits per heavy atom. The molecule has 0 bridgehead atoms. The summed E-state index contributed by atoms with van der Waals surface area (Å²) in [5, 5.41) is 23.6. The predicted molar refractivity (Wildman–Crippen MR) is 97.1 cm³/mol. The number of halogens is 1. The molecule has 1 heterocycles. The van der Waals surface area contributed by atoms with E-state index in [1.165, 1.54) is 30.7 Å². The van der Waals surface area contributed by atoms with Crippen LogP contribution >= 0.6 is 22.9 Å². The minimum absolute atomic E-state index is 0.00797. The van der Waals surface area contributed by atoms with Gasteiger partial charge in [0.15, 0.2) is 0 Å². The van der Waals surface area contributed by atoms with Crippen molar-refractivity contribution < 1.29 is 19.6 Å². The van der Waals surface area contributed by atoms with Gasteiger partial charge in [-0.25, -0.2) is 9.79 Å². The standard InChI is InChI=1S/C17H15ClN2O5S/c1-25-17(22)14-11-4-2-3-5-13(11)26-16(14)19-8-9-6-10(18)7-12(15(9)21)20(23)24/h6-8,21H,2-5H2,1H3/p-1. The molecule has 0 spiro atoms. The molecule has 1 aliphatic carbocycles. The first-order valence-electron chi connectivity index (χ1n) is 7.84. The molecular formula is C17H14ClN2O5S-. The Kier molecular flexibility index (Phi) is 5.24. The Morgan fingerprint density at radius 3 is 2.81 bits per heavy atom. The van der Waals surface area contributed by atoms with Crippen molar-refractivity contribution in [3.63, 3.8) is 0 Å². The van der Waals surface area contributed by atoms with E-state index in [0.29, 0.717) is 10.6 Å². The minimum Gasteiger partial charge on any atom is -0.867 e. The molecule has 9 heteroatoms.